The molecule has 1 heterocycles. The molecule has 1 aromatic heterocycles. The van der Waals surface area contributed by atoms with E-state index in [2.05, 4.69) is 42.2 Å². The summed E-state index contributed by atoms with van der Waals surface area (Å²) in [6, 6.07) is 9.98. The van der Waals surface area contributed by atoms with Crippen LogP contribution in [0.4, 0.5) is 11.5 Å². The zero-order valence-electron chi connectivity index (χ0n) is 8.67. The largest absolute Gasteiger partial charge is 0.338 e. The van der Waals surface area contributed by atoms with Crippen LogP contribution < -0.4 is 5.32 Å². The van der Waals surface area contributed by atoms with E-state index in [1.54, 1.807) is 0 Å². The number of halogens is 2. The topological polar surface area (TPSA) is 24.9 Å². The molecule has 0 aliphatic heterocycles. The number of nitrogens with zero attached hydrogens (tertiary/aromatic N) is 1. The van der Waals surface area contributed by atoms with Gasteiger partial charge in [0.05, 0.1) is 10.2 Å². The van der Waals surface area contributed by atoms with Gasteiger partial charge in [-0.3, -0.25) is 0 Å². The fourth-order valence-electron chi connectivity index (χ4n) is 1.32. The first-order chi connectivity index (χ1) is 7.66. The molecule has 0 unspecified atom stereocenters. The van der Waals surface area contributed by atoms with E-state index in [1.165, 1.54) is 0 Å². The van der Waals surface area contributed by atoms with Gasteiger partial charge in [0.2, 0.25) is 0 Å². The van der Waals surface area contributed by atoms with Crippen molar-refractivity contribution >= 4 is 43.4 Å². The lowest BCUT2D eigenvalue weighted by molar-refractivity contribution is 1.24. The molecule has 0 bridgehead atoms. The molecule has 0 spiro atoms. The first kappa shape index (κ1) is 11.6. The molecule has 2 aromatic rings. The Morgan fingerprint density at radius 3 is 2.56 bits per heavy atom. The number of hydrogen-bond acceptors (Lipinski definition) is 2. The highest BCUT2D eigenvalue weighted by Crippen LogP contribution is 2.28. The Hall–Kier alpha value is -0.870. The Kier molecular flexibility index (Phi) is 3.61. The molecule has 1 N–H and O–H groups in total. The molecular formula is C12H10Br2N2. The van der Waals surface area contributed by atoms with Crippen LogP contribution in [-0.2, 0) is 0 Å². The Balaban J connectivity index is 2.31. The molecule has 2 rings (SSSR count). The maximum absolute atomic E-state index is 4.34. The van der Waals surface area contributed by atoms with Crippen LogP contribution in [0.3, 0.4) is 0 Å². The summed E-state index contributed by atoms with van der Waals surface area (Å²) in [5.41, 5.74) is 2.13. The number of pyridine rings is 1. The predicted molar refractivity (Wildman–Crippen MR) is 74.1 cm³/mol. The fraction of sp³-hybridized carbons (Fsp3) is 0.0833. The number of aryl methyl sites for hydroxylation is 1. The summed E-state index contributed by atoms with van der Waals surface area (Å²) < 4.78 is 1.98. The van der Waals surface area contributed by atoms with Crippen LogP contribution in [0.1, 0.15) is 5.56 Å². The lowest BCUT2D eigenvalue weighted by atomic mass is 10.3. The molecule has 16 heavy (non-hydrogen) atoms. The van der Waals surface area contributed by atoms with Crippen LogP contribution in [-0.4, -0.2) is 4.98 Å². The van der Waals surface area contributed by atoms with Gasteiger partial charge in [0, 0.05) is 10.7 Å². The van der Waals surface area contributed by atoms with Gasteiger partial charge in [-0.15, -0.1) is 0 Å². The monoisotopic (exact) mass is 340 g/mol. The lowest BCUT2D eigenvalue weighted by Crippen LogP contribution is -1.95. The number of hydrogen-bond donors (Lipinski definition) is 1. The van der Waals surface area contributed by atoms with E-state index >= 15 is 0 Å². The molecular weight excluding hydrogens is 332 g/mol. The van der Waals surface area contributed by atoms with E-state index in [0.29, 0.717) is 0 Å². The summed E-state index contributed by atoms with van der Waals surface area (Å²) in [4.78, 5) is 4.34. The van der Waals surface area contributed by atoms with Gasteiger partial charge in [0.25, 0.3) is 0 Å². The molecule has 0 radical (unpaired) electrons. The zero-order valence-corrected chi connectivity index (χ0v) is 11.8. The summed E-state index contributed by atoms with van der Waals surface area (Å²) in [5, 5.41) is 3.26. The molecule has 2 nitrogen and oxygen atoms in total. The number of para-hydroxylation sites is 1. The summed E-state index contributed by atoms with van der Waals surface area (Å²) in [6.07, 6.45) is 1.84. The zero-order chi connectivity index (χ0) is 11.5. The molecule has 1 aromatic carbocycles. The van der Waals surface area contributed by atoms with E-state index in [-0.39, 0.29) is 0 Å². The molecule has 0 aliphatic rings. The third-order valence-corrected chi connectivity index (χ3v) is 3.40. The molecule has 0 fully saturated rings. The van der Waals surface area contributed by atoms with Gasteiger partial charge >= 0.3 is 0 Å². The van der Waals surface area contributed by atoms with Crippen molar-refractivity contribution in [3.8, 4) is 0 Å². The highest BCUT2D eigenvalue weighted by atomic mass is 79.9. The normalized spacial score (nSPS) is 10.2. The van der Waals surface area contributed by atoms with Crippen molar-refractivity contribution in [2.24, 2.45) is 0 Å². The minimum atomic E-state index is 0.817. The van der Waals surface area contributed by atoms with Crippen molar-refractivity contribution in [3.05, 3.63) is 51.0 Å². The van der Waals surface area contributed by atoms with Crippen molar-refractivity contribution in [1.29, 1.82) is 0 Å². The maximum atomic E-state index is 4.34. The molecule has 4 heteroatoms. The van der Waals surface area contributed by atoms with Gasteiger partial charge in [-0.05, 0) is 62.5 Å². The third-order valence-electron chi connectivity index (χ3n) is 2.10. The van der Waals surface area contributed by atoms with Crippen LogP contribution >= 0.6 is 31.9 Å². The summed E-state index contributed by atoms with van der Waals surface area (Å²) in [5.74, 6) is 0.817. The van der Waals surface area contributed by atoms with Crippen molar-refractivity contribution < 1.29 is 0 Å². The van der Waals surface area contributed by atoms with Crippen LogP contribution in [0.2, 0.25) is 0 Å². The maximum Gasteiger partial charge on any atom is 0.144 e. The summed E-state index contributed by atoms with van der Waals surface area (Å²) in [6.45, 7) is 2.01. The van der Waals surface area contributed by atoms with Crippen molar-refractivity contribution in [3.63, 3.8) is 0 Å². The van der Waals surface area contributed by atoms with Gasteiger partial charge in [0.15, 0.2) is 0 Å². The minimum Gasteiger partial charge on any atom is -0.338 e. The molecule has 0 saturated heterocycles. The predicted octanol–water partition coefficient (Wildman–Crippen LogP) is 4.66. The number of nitrogens with one attached hydrogen (secondary N) is 1. The number of aromatic nitrogens is 1. The Bertz CT molecular complexity index is 512. The second kappa shape index (κ2) is 4.97. The standard InChI is InChI=1S/C12H10Br2N2/c1-8-6-10(14)12(15-7-8)16-11-5-3-2-4-9(11)13/h2-7H,1H3,(H,15,16). The van der Waals surface area contributed by atoms with E-state index < -0.39 is 0 Å². The van der Waals surface area contributed by atoms with Gasteiger partial charge < -0.3 is 5.32 Å². The van der Waals surface area contributed by atoms with E-state index in [0.717, 1.165) is 26.0 Å². The first-order valence-corrected chi connectivity index (χ1v) is 6.39. The van der Waals surface area contributed by atoms with Gasteiger partial charge in [-0.1, -0.05) is 12.1 Å². The fourth-order valence-corrected chi connectivity index (χ4v) is 2.26. The van der Waals surface area contributed by atoms with Crippen LogP contribution in [0.5, 0.6) is 0 Å². The van der Waals surface area contributed by atoms with Gasteiger partial charge in [-0.25, -0.2) is 4.98 Å². The quantitative estimate of drug-likeness (QED) is 0.859. The average Bonchev–Trinajstić information content (AvgIpc) is 2.25. The highest BCUT2D eigenvalue weighted by molar-refractivity contribution is 9.11. The Labute approximate surface area is 111 Å². The lowest BCUT2D eigenvalue weighted by Gasteiger charge is -2.09. The Morgan fingerprint density at radius 1 is 1.12 bits per heavy atom. The third kappa shape index (κ3) is 2.62. The van der Waals surface area contributed by atoms with Crippen LogP contribution in [0, 0.1) is 6.92 Å². The van der Waals surface area contributed by atoms with Crippen molar-refractivity contribution in [2.75, 3.05) is 5.32 Å². The molecule has 0 atom stereocenters. The molecule has 0 saturated carbocycles. The minimum absolute atomic E-state index is 0.817. The Morgan fingerprint density at radius 2 is 1.88 bits per heavy atom. The second-order valence-electron chi connectivity index (χ2n) is 3.45. The van der Waals surface area contributed by atoms with E-state index in [4.69, 9.17) is 0 Å². The van der Waals surface area contributed by atoms with E-state index in [9.17, 15) is 0 Å². The average molecular weight is 342 g/mol. The second-order valence-corrected chi connectivity index (χ2v) is 5.16. The van der Waals surface area contributed by atoms with E-state index in [1.807, 2.05) is 43.5 Å². The molecule has 0 amide bonds. The van der Waals surface area contributed by atoms with Crippen molar-refractivity contribution in [1.82, 2.24) is 4.98 Å². The van der Waals surface area contributed by atoms with Gasteiger partial charge in [-0.2, -0.15) is 0 Å². The van der Waals surface area contributed by atoms with Crippen LogP contribution in [0.25, 0.3) is 0 Å². The number of anilines is 2. The number of rotatable bonds is 2. The summed E-state index contributed by atoms with van der Waals surface area (Å²) >= 11 is 6.98. The SMILES string of the molecule is Cc1cnc(Nc2ccccc2Br)c(Br)c1. The number of benzene rings is 1. The van der Waals surface area contributed by atoms with Crippen molar-refractivity contribution in [2.45, 2.75) is 6.92 Å². The van der Waals surface area contributed by atoms with Gasteiger partial charge in [0.1, 0.15) is 5.82 Å². The smallest absolute Gasteiger partial charge is 0.144 e. The summed E-state index contributed by atoms with van der Waals surface area (Å²) in [7, 11) is 0. The van der Waals surface area contributed by atoms with Crippen LogP contribution in [0.15, 0.2) is 45.5 Å². The molecule has 82 valence electrons. The highest BCUT2D eigenvalue weighted by Gasteiger charge is 2.04. The molecule has 0 aliphatic carbocycles. The first-order valence-electron chi connectivity index (χ1n) is 4.80.